The van der Waals surface area contributed by atoms with Crippen molar-refractivity contribution in [1.82, 2.24) is 0 Å². The molecule has 0 saturated heterocycles. The van der Waals surface area contributed by atoms with Crippen LogP contribution in [0.4, 0.5) is 28.0 Å². The zero-order valence-corrected chi connectivity index (χ0v) is 12.9. The van der Waals surface area contributed by atoms with Crippen LogP contribution in [0.15, 0.2) is 42.5 Å². The maximum Gasteiger partial charge on any atom is 0.490 e. The van der Waals surface area contributed by atoms with Crippen LogP contribution in [0.1, 0.15) is 0 Å². The molecule has 2 aromatic carbocycles. The van der Waals surface area contributed by atoms with Gasteiger partial charge in [-0.2, -0.15) is 13.2 Å². The van der Waals surface area contributed by atoms with Gasteiger partial charge in [-0.15, -0.1) is 0 Å². The molecule has 1 amide bonds. The van der Waals surface area contributed by atoms with E-state index in [2.05, 4.69) is 5.32 Å². The summed E-state index contributed by atoms with van der Waals surface area (Å²) in [6, 6.07) is 10.6. The van der Waals surface area contributed by atoms with E-state index in [0.29, 0.717) is 21.8 Å². The molecule has 0 bridgehead atoms. The van der Waals surface area contributed by atoms with Gasteiger partial charge >= 0.3 is 18.2 Å². The number of nitrogens with one attached hydrogen (secondary N) is 1. The number of amides is 1. The predicted octanol–water partition coefficient (Wildman–Crippen LogP) is 4.87. The number of anilines is 1. The summed E-state index contributed by atoms with van der Waals surface area (Å²) in [5.41, 5.74) is 1.71. The van der Waals surface area contributed by atoms with E-state index in [1.165, 1.54) is 18.2 Å². The molecule has 0 saturated carbocycles. The molecule has 0 atom stereocenters. The van der Waals surface area contributed by atoms with Crippen molar-refractivity contribution >= 4 is 29.4 Å². The van der Waals surface area contributed by atoms with Crippen molar-refractivity contribution in [1.29, 1.82) is 0 Å². The molecule has 0 heterocycles. The fourth-order valence-corrected chi connectivity index (χ4v) is 1.79. The van der Waals surface area contributed by atoms with Crippen LogP contribution in [0.25, 0.3) is 11.1 Å². The lowest BCUT2D eigenvalue weighted by Gasteiger charge is -2.10. The lowest BCUT2D eigenvalue weighted by molar-refractivity contribution is -0.192. The fraction of sp³-hybridized carbons (Fsp3) is 0.0667. The maximum atomic E-state index is 12.8. The molecule has 0 fully saturated rings. The van der Waals surface area contributed by atoms with Crippen molar-refractivity contribution in [3.05, 3.63) is 53.3 Å². The number of carboxylic acids is 1. The molecule has 134 valence electrons. The second-order valence-electron chi connectivity index (χ2n) is 4.43. The van der Waals surface area contributed by atoms with Gasteiger partial charge in [0.25, 0.3) is 0 Å². The fourth-order valence-electron chi connectivity index (χ4n) is 1.62. The number of alkyl halides is 3. The maximum absolute atomic E-state index is 12.8. The summed E-state index contributed by atoms with van der Waals surface area (Å²) < 4.78 is 44.6. The number of hydrogen-bond acceptors (Lipinski definition) is 2. The molecule has 0 aliphatic rings. The molecular formula is C15H10ClF4NO4. The van der Waals surface area contributed by atoms with E-state index in [1.807, 2.05) is 0 Å². The molecule has 25 heavy (non-hydrogen) atoms. The zero-order chi connectivity index (χ0) is 19.2. The van der Waals surface area contributed by atoms with Gasteiger partial charge in [-0.25, -0.2) is 14.0 Å². The molecule has 3 N–H and O–H groups in total. The summed E-state index contributed by atoms with van der Waals surface area (Å²) in [7, 11) is 0. The molecular weight excluding hydrogens is 370 g/mol. The summed E-state index contributed by atoms with van der Waals surface area (Å²) >= 11 is 5.82. The van der Waals surface area contributed by atoms with Crippen LogP contribution in [0.3, 0.4) is 0 Å². The van der Waals surface area contributed by atoms with Gasteiger partial charge in [-0.05, 0) is 29.8 Å². The molecule has 10 heteroatoms. The first kappa shape index (κ1) is 20.2. The number of halogens is 5. The van der Waals surface area contributed by atoms with Gasteiger partial charge in [-0.3, -0.25) is 5.32 Å². The molecule has 5 nitrogen and oxygen atoms in total. The first-order valence-electron chi connectivity index (χ1n) is 6.36. The molecule has 2 aromatic rings. The Hall–Kier alpha value is -2.81. The van der Waals surface area contributed by atoms with Gasteiger partial charge in [-0.1, -0.05) is 29.8 Å². The molecule has 0 aliphatic carbocycles. The van der Waals surface area contributed by atoms with E-state index in [4.69, 9.17) is 26.6 Å². The highest BCUT2D eigenvalue weighted by atomic mass is 35.5. The van der Waals surface area contributed by atoms with Crippen LogP contribution in [0.5, 0.6) is 0 Å². The summed E-state index contributed by atoms with van der Waals surface area (Å²) in [5, 5.41) is 18.6. The van der Waals surface area contributed by atoms with Crippen molar-refractivity contribution in [2.75, 3.05) is 5.32 Å². The third-order valence-electron chi connectivity index (χ3n) is 2.62. The summed E-state index contributed by atoms with van der Waals surface area (Å²) in [4.78, 5) is 19.6. The van der Waals surface area contributed by atoms with Crippen LogP contribution in [-0.2, 0) is 4.79 Å². The Kier molecular flexibility index (Phi) is 6.75. The van der Waals surface area contributed by atoms with Gasteiger partial charge in [0.05, 0.1) is 5.69 Å². The molecule has 0 radical (unpaired) electrons. The smallest absolute Gasteiger partial charge is 0.475 e. The summed E-state index contributed by atoms with van der Waals surface area (Å²) in [5.74, 6) is -3.10. The Labute approximate surface area is 143 Å². The standard InChI is InChI=1S/C13H9ClFNO2.C2HF3O2/c14-9-3-6-11(12(7-9)16-13(17)18)8-1-4-10(15)5-2-8;3-2(4,5)1(6)7/h1-7,16H,(H,17,18);(H,6,7). The van der Waals surface area contributed by atoms with E-state index < -0.39 is 18.2 Å². The first-order chi connectivity index (χ1) is 11.5. The number of aliphatic carboxylic acids is 1. The Morgan fingerprint density at radius 1 is 1.00 bits per heavy atom. The lowest BCUT2D eigenvalue weighted by Crippen LogP contribution is -2.21. The van der Waals surface area contributed by atoms with E-state index in [-0.39, 0.29) is 5.82 Å². The monoisotopic (exact) mass is 379 g/mol. The van der Waals surface area contributed by atoms with Crippen LogP contribution in [0, 0.1) is 5.82 Å². The van der Waals surface area contributed by atoms with Crippen molar-refractivity contribution in [2.45, 2.75) is 6.18 Å². The van der Waals surface area contributed by atoms with Crippen molar-refractivity contribution in [2.24, 2.45) is 0 Å². The average molecular weight is 380 g/mol. The summed E-state index contributed by atoms with van der Waals surface area (Å²) in [6.45, 7) is 0. The van der Waals surface area contributed by atoms with Crippen LogP contribution >= 0.6 is 11.6 Å². The van der Waals surface area contributed by atoms with Gasteiger partial charge < -0.3 is 10.2 Å². The largest absolute Gasteiger partial charge is 0.490 e. The highest BCUT2D eigenvalue weighted by Gasteiger charge is 2.38. The number of rotatable bonds is 2. The van der Waals surface area contributed by atoms with Crippen LogP contribution < -0.4 is 5.32 Å². The van der Waals surface area contributed by atoms with Crippen LogP contribution in [0.2, 0.25) is 5.02 Å². The Balaban J connectivity index is 0.000000381. The number of carbonyl (C=O) groups is 2. The Morgan fingerprint density at radius 3 is 1.96 bits per heavy atom. The summed E-state index contributed by atoms with van der Waals surface area (Å²) in [6.07, 6.45) is -6.26. The third-order valence-corrected chi connectivity index (χ3v) is 2.86. The number of benzene rings is 2. The van der Waals surface area contributed by atoms with E-state index in [0.717, 1.165) is 0 Å². The quantitative estimate of drug-likeness (QED) is 0.650. The average Bonchev–Trinajstić information content (AvgIpc) is 2.47. The highest BCUT2D eigenvalue weighted by Crippen LogP contribution is 2.30. The predicted molar refractivity (Wildman–Crippen MR) is 82.2 cm³/mol. The lowest BCUT2D eigenvalue weighted by atomic mass is 10.0. The van der Waals surface area contributed by atoms with E-state index >= 15 is 0 Å². The molecule has 2 rings (SSSR count). The second-order valence-corrected chi connectivity index (χ2v) is 4.87. The van der Waals surface area contributed by atoms with Gasteiger partial charge in [0.2, 0.25) is 0 Å². The Bertz CT molecular complexity index is 763. The second kappa shape index (κ2) is 8.34. The minimum atomic E-state index is -5.08. The van der Waals surface area contributed by atoms with Crippen molar-refractivity contribution in [3.8, 4) is 11.1 Å². The third kappa shape index (κ3) is 6.68. The van der Waals surface area contributed by atoms with Gasteiger partial charge in [0, 0.05) is 10.6 Å². The van der Waals surface area contributed by atoms with Gasteiger partial charge in [0.1, 0.15) is 5.82 Å². The van der Waals surface area contributed by atoms with Crippen molar-refractivity contribution in [3.63, 3.8) is 0 Å². The number of hydrogen-bond donors (Lipinski definition) is 3. The van der Waals surface area contributed by atoms with Gasteiger partial charge in [0.15, 0.2) is 0 Å². The SMILES string of the molecule is O=C(O)C(F)(F)F.O=C(O)Nc1cc(Cl)ccc1-c1ccc(F)cc1. The zero-order valence-electron chi connectivity index (χ0n) is 12.1. The Morgan fingerprint density at radius 2 is 1.52 bits per heavy atom. The first-order valence-corrected chi connectivity index (χ1v) is 6.74. The minimum Gasteiger partial charge on any atom is -0.475 e. The molecule has 0 aromatic heterocycles. The van der Waals surface area contributed by atoms with Crippen molar-refractivity contribution < 1.29 is 37.4 Å². The topological polar surface area (TPSA) is 86.6 Å². The van der Waals surface area contributed by atoms with E-state index in [1.54, 1.807) is 24.3 Å². The molecule has 0 aliphatic heterocycles. The van der Waals surface area contributed by atoms with Crippen LogP contribution in [-0.4, -0.2) is 28.5 Å². The normalized spacial score (nSPS) is 10.4. The number of carboxylic acid groups (broad SMARTS) is 2. The van der Waals surface area contributed by atoms with E-state index in [9.17, 15) is 22.4 Å². The highest BCUT2D eigenvalue weighted by molar-refractivity contribution is 6.31. The molecule has 0 unspecified atom stereocenters. The minimum absolute atomic E-state index is 0.347. The molecule has 0 spiro atoms.